The van der Waals surface area contributed by atoms with Gasteiger partial charge < -0.3 is 18.3 Å². The molecule has 1 aliphatic carbocycles. The van der Waals surface area contributed by atoms with Gasteiger partial charge in [0.2, 0.25) is 0 Å². The molecule has 0 spiro atoms. The van der Waals surface area contributed by atoms with Crippen molar-refractivity contribution in [3.8, 4) is 0 Å². The van der Waals surface area contributed by atoms with Gasteiger partial charge in [-0.2, -0.15) is 0 Å². The van der Waals surface area contributed by atoms with Crippen LogP contribution >= 0.6 is 0 Å². The highest BCUT2D eigenvalue weighted by molar-refractivity contribution is 6.76. The number of allylic oxidation sites excluding steroid dienone is 1. The van der Waals surface area contributed by atoms with Crippen molar-refractivity contribution in [1.82, 2.24) is 14.0 Å². The molecule has 1 aliphatic heterocycles. The number of aromatic nitrogens is 2. The number of rotatable bonds is 12. The Morgan fingerprint density at radius 3 is 1.96 bits per heavy atom. The van der Waals surface area contributed by atoms with Gasteiger partial charge in [0.15, 0.2) is 8.32 Å². The third-order valence-corrected chi connectivity index (χ3v) is 17.5. The van der Waals surface area contributed by atoms with E-state index in [0.29, 0.717) is 24.5 Å². The third kappa shape index (κ3) is 7.32. The Morgan fingerprint density at radius 1 is 0.736 bits per heavy atom. The van der Waals surface area contributed by atoms with Crippen LogP contribution < -0.4 is 0 Å². The van der Waals surface area contributed by atoms with Crippen molar-refractivity contribution in [3.05, 3.63) is 120 Å². The predicted molar refractivity (Wildman–Crippen MR) is 222 cm³/mol. The molecular weight excluding hydrogens is 691 g/mol. The summed E-state index contributed by atoms with van der Waals surface area (Å²) < 4.78 is 17.4. The van der Waals surface area contributed by atoms with E-state index >= 15 is 0 Å². The molecule has 3 aromatic carbocycles. The number of nitrogens with zero attached hydrogens (tertiary/aromatic N) is 3. The van der Waals surface area contributed by atoms with E-state index in [4.69, 9.17) is 9.16 Å². The zero-order chi connectivity index (χ0) is 37.7. The van der Waals surface area contributed by atoms with Crippen molar-refractivity contribution in [3.63, 3.8) is 0 Å². The van der Waals surface area contributed by atoms with Crippen LogP contribution in [-0.4, -0.2) is 55.0 Å². The molecule has 5 aromatic rings. The Balaban J connectivity index is 1.33. The molecule has 276 valence electrons. The zero-order valence-corrected chi connectivity index (χ0v) is 34.5. The minimum absolute atomic E-state index is 0.0235. The normalized spacial score (nSPS) is 18.5. The summed E-state index contributed by atoms with van der Waals surface area (Å²) in [6.45, 7) is 19.7. The number of para-hydroxylation sites is 2. The molecule has 3 heterocycles. The molecule has 2 aromatic heterocycles. The first-order valence-corrected chi connectivity index (χ1v) is 25.5. The number of carbonyl (C=O) groups is 2. The molecule has 0 N–H and O–H groups in total. The van der Waals surface area contributed by atoms with Crippen LogP contribution in [0.4, 0.5) is 0 Å². The van der Waals surface area contributed by atoms with Gasteiger partial charge >= 0.3 is 0 Å². The minimum Gasteiger partial charge on any atom is -0.410 e. The molecule has 0 bridgehead atoms. The number of hydrogen-bond acceptors (Lipinski definition) is 4. The maximum atomic E-state index is 14.8. The van der Waals surface area contributed by atoms with Gasteiger partial charge in [-0.05, 0) is 41.9 Å². The lowest BCUT2D eigenvalue weighted by molar-refractivity contribution is -0.136. The van der Waals surface area contributed by atoms with Crippen molar-refractivity contribution in [1.29, 1.82) is 0 Å². The van der Waals surface area contributed by atoms with Crippen LogP contribution in [0.25, 0.3) is 33.0 Å². The highest BCUT2D eigenvalue weighted by atomic mass is 28.4. The van der Waals surface area contributed by atoms with Crippen molar-refractivity contribution in [2.75, 3.05) is 6.61 Å². The number of carbonyl (C=O) groups excluding carboxylic acids is 2. The first-order chi connectivity index (χ1) is 25.1. The maximum Gasteiger partial charge on any atom is 0.262 e. The van der Waals surface area contributed by atoms with Gasteiger partial charge in [0, 0.05) is 60.9 Å². The summed E-state index contributed by atoms with van der Waals surface area (Å²) in [6.07, 6.45) is 9.39. The number of benzene rings is 3. The van der Waals surface area contributed by atoms with E-state index in [2.05, 4.69) is 99.2 Å². The van der Waals surface area contributed by atoms with E-state index in [1.165, 1.54) is 4.90 Å². The smallest absolute Gasteiger partial charge is 0.262 e. The summed E-state index contributed by atoms with van der Waals surface area (Å²) in [4.78, 5) is 31.0. The van der Waals surface area contributed by atoms with Crippen molar-refractivity contribution in [2.24, 2.45) is 0 Å². The predicted octanol–water partition coefficient (Wildman–Crippen LogP) is 10.3. The summed E-state index contributed by atoms with van der Waals surface area (Å²) in [6, 6.07) is 27.2. The third-order valence-electron chi connectivity index (χ3n) is 11.3. The highest BCUT2D eigenvalue weighted by Crippen LogP contribution is 2.44. The van der Waals surface area contributed by atoms with Gasteiger partial charge in [-0.25, -0.2) is 0 Å². The first kappa shape index (κ1) is 37.0. The Labute approximate surface area is 316 Å². The quantitative estimate of drug-likeness (QED) is 0.0552. The molecule has 7 rings (SSSR count). The van der Waals surface area contributed by atoms with E-state index in [-0.39, 0.29) is 35.5 Å². The molecule has 2 aliphatic rings. The largest absolute Gasteiger partial charge is 0.410 e. The summed E-state index contributed by atoms with van der Waals surface area (Å²) in [5, 5.41) is 1.98. The number of hydrogen-bond donors (Lipinski definition) is 0. The van der Waals surface area contributed by atoms with E-state index in [1.54, 1.807) is 0 Å². The zero-order valence-electron chi connectivity index (χ0n) is 32.5. The molecule has 0 saturated heterocycles. The number of amides is 2. The van der Waals surface area contributed by atoms with Crippen molar-refractivity contribution < 1.29 is 18.8 Å². The molecule has 2 atom stereocenters. The van der Waals surface area contributed by atoms with Gasteiger partial charge in [0.1, 0.15) is 6.73 Å². The SMILES string of the molecule is CC(C)(C)[Si](C)(C)O[C@H]1C=C[C@@H](n2cc(C3=C(c4cn(COCC[Si](C)(C)C)c5ccccc45)C(=O)N(Cc4ccccc4)C3=O)c3ccccc32)C1. The molecular formula is C44H53N3O4Si2. The van der Waals surface area contributed by atoms with Gasteiger partial charge in [0.25, 0.3) is 11.8 Å². The van der Waals surface area contributed by atoms with Crippen molar-refractivity contribution in [2.45, 2.75) is 96.4 Å². The molecule has 7 nitrogen and oxygen atoms in total. The van der Waals surface area contributed by atoms with E-state index in [0.717, 1.165) is 51.0 Å². The minimum atomic E-state index is -1.98. The summed E-state index contributed by atoms with van der Waals surface area (Å²) >= 11 is 0. The Bertz CT molecular complexity index is 2230. The molecule has 2 amide bonds. The Hall–Kier alpha value is -4.29. The molecule has 0 radical (unpaired) electrons. The first-order valence-electron chi connectivity index (χ1n) is 18.9. The van der Waals surface area contributed by atoms with E-state index in [9.17, 15) is 9.59 Å². The monoisotopic (exact) mass is 743 g/mol. The topological polar surface area (TPSA) is 65.7 Å². The molecule has 0 unspecified atom stereocenters. The number of ether oxygens (including phenoxy) is 1. The average molecular weight is 744 g/mol. The van der Waals surface area contributed by atoms with Crippen LogP contribution in [0, 0.1) is 0 Å². The fraction of sp³-hybridized carbons (Fsp3) is 0.364. The fourth-order valence-electron chi connectivity index (χ4n) is 7.25. The van der Waals surface area contributed by atoms with Crippen molar-refractivity contribution >= 4 is 61.2 Å². The lowest BCUT2D eigenvalue weighted by Crippen LogP contribution is -2.43. The summed E-state index contributed by atoms with van der Waals surface area (Å²) in [5.74, 6) is -0.557. The highest BCUT2D eigenvalue weighted by Gasteiger charge is 2.43. The second-order valence-corrected chi connectivity index (χ2v) is 27.8. The molecule has 53 heavy (non-hydrogen) atoms. The second-order valence-electron chi connectivity index (χ2n) is 17.4. The summed E-state index contributed by atoms with van der Waals surface area (Å²) in [7, 11) is -3.24. The van der Waals surface area contributed by atoms with Crippen LogP contribution in [-0.2, 0) is 32.0 Å². The Kier molecular flexibility index (Phi) is 9.91. The molecule has 0 fully saturated rings. The average Bonchev–Trinajstić information content (AvgIpc) is 3.86. The van der Waals surface area contributed by atoms with Gasteiger partial charge in [-0.1, -0.05) is 119 Å². The lowest BCUT2D eigenvalue weighted by Gasteiger charge is -2.38. The van der Waals surface area contributed by atoms with Crippen LogP contribution in [0.15, 0.2) is 103 Å². The maximum absolute atomic E-state index is 14.8. The molecule has 0 saturated carbocycles. The standard InChI is InChI=1S/C44H53N3O4Si2/c1-44(2,3)53(7,8)51-33-23-22-32(26-33)46-29-37(35-19-13-15-21-39(35)46)41-40(42(48)47(43(41)49)27-31-16-10-9-11-17-31)36-28-45(30-50-24-25-52(4,5)6)38-20-14-12-18-34(36)38/h9-23,28-29,32-33H,24-27,30H2,1-8H3/t32-,33+/m1/s1. The van der Waals surface area contributed by atoms with E-state index in [1.807, 2.05) is 66.9 Å². The van der Waals surface area contributed by atoms with Crippen LogP contribution in [0.1, 0.15) is 49.9 Å². The number of imide groups is 1. The van der Waals surface area contributed by atoms with Crippen LogP contribution in [0.5, 0.6) is 0 Å². The second kappa shape index (κ2) is 14.2. The van der Waals surface area contributed by atoms with Gasteiger partial charge in [-0.3, -0.25) is 14.5 Å². The van der Waals surface area contributed by atoms with Crippen LogP contribution in [0.2, 0.25) is 43.8 Å². The molecule has 9 heteroatoms. The summed E-state index contributed by atoms with van der Waals surface area (Å²) in [5.41, 5.74) is 5.30. The lowest BCUT2D eigenvalue weighted by atomic mass is 9.95. The van der Waals surface area contributed by atoms with Crippen LogP contribution in [0.3, 0.4) is 0 Å². The van der Waals surface area contributed by atoms with Gasteiger partial charge in [-0.15, -0.1) is 0 Å². The van der Waals surface area contributed by atoms with E-state index < -0.39 is 16.4 Å². The fourth-order valence-corrected chi connectivity index (χ4v) is 9.30. The van der Waals surface area contributed by atoms with Gasteiger partial charge in [0.05, 0.1) is 35.4 Å². The number of fused-ring (bicyclic) bond motifs is 2. The Morgan fingerprint density at radius 2 is 1.32 bits per heavy atom.